The van der Waals surface area contributed by atoms with Crippen LogP contribution in [0.15, 0.2) is 18.2 Å². The van der Waals surface area contributed by atoms with Gasteiger partial charge < -0.3 is 10.5 Å². The maximum atomic E-state index is 11.9. The predicted octanol–water partition coefficient (Wildman–Crippen LogP) is 4.43. The zero-order valence-electron chi connectivity index (χ0n) is 15.0. The number of carbonyl (C=O) groups excluding carboxylic acids is 1. The van der Waals surface area contributed by atoms with Gasteiger partial charge in [0.1, 0.15) is 11.5 Å². The summed E-state index contributed by atoms with van der Waals surface area (Å²) in [4.78, 5) is 11.9. The molecule has 0 fully saturated rings. The van der Waals surface area contributed by atoms with Gasteiger partial charge in [0.05, 0.1) is 12.6 Å². The summed E-state index contributed by atoms with van der Waals surface area (Å²) in [6, 6.07) is 5.81. The van der Waals surface area contributed by atoms with Crippen LogP contribution in [0.5, 0.6) is 5.75 Å². The van der Waals surface area contributed by atoms with E-state index < -0.39 is 0 Å². The van der Waals surface area contributed by atoms with Gasteiger partial charge in [-0.2, -0.15) is 26.1 Å². The van der Waals surface area contributed by atoms with Gasteiger partial charge in [-0.25, -0.2) is 0 Å². The standard InChI is InChI=1S/C19H31NO2S.H2S/c1-3-5-6-8-18(20)19(21)9-7-12-22-17-11-10-16(14-23)15(4-2)13-17;/h10-11,13,18,23H,3-9,12,14,20H2,1-2H3;1H2/t18-;/m0./s1. The third kappa shape index (κ3) is 8.45. The maximum Gasteiger partial charge on any atom is 0.149 e. The monoisotopic (exact) mass is 371 g/mol. The topological polar surface area (TPSA) is 52.3 Å². The summed E-state index contributed by atoms with van der Waals surface area (Å²) < 4.78 is 5.76. The highest BCUT2D eigenvalue weighted by molar-refractivity contribution is 7.79. The number of ketones is 1. The van der Waals surface area contributed by atoms with E-state index in [4.69, 9.17) is 10.5 Å². The van der Waals surface area contributed by atoms with Gasteiger partial charge >= 0.3 is 0 Å². The molecule has 0 bridgehead atoms. The van der Waals surface area contributed by atoms with E-state index in [-0.39, 0.29) is 25.3 Å². The zero-order chi connectivity index (χ0) is 17.1. The van der Waals surface area contributed by atoms with Crippen molar-refractivity contribution in [3.8, 4) is 5.75 Å². The molecule has 1 aromatic carbocycles. The number of carbonyl (C=O) groups is 1. The SMILES string of the molecule is CCCCC[C@H](N)C(=O)CCCOc1ccc(CS)c(CC)c1.S. The average Bonchev–Trinajstić information content (AvgIpc) is 2.58. The molecule has 2 N–H and O–H groups in total. The largest absolute Gasteiger partial charge is 0.494 e. The maximum absolute atomic E-state index is 11.9. The molecule has 24 heavy (non-hydrogen) atoms. The number of rotatable bonds is 12. The molecule has 0 unspecified atom stereocenters. The molecular weight excluding hydrogens is 338 g/mol. The van der Waals surface area contributed by atoms with Crippen molar-refractivity contribution >= 4 is 31.9 Å². The highest BCUT2D eigenvalue weighted by atomic mass is 32.1. The highest BCUT2D eigenvalue weighted by Crippen LogP contribution is 2.20. The van der Waals surface area contributed by atoms with Crippen molar-refractivity contribution < 1.29 is 9.53 Å². The number of Topliss-reactive ketones (excluding diaryl/α,β-unsaturated/α-hetero) is 1. The van der Waals surface area contributed by atoms with Crippen molar-refractivity contribution in [3.63, 3.8) is 0 Å². The summed E-state index contributed by atoms with van der Waals surface area (Å²) in [6.45, 7) is 4.83. The summed E-state index contributed by atoms with van der Waals surface area (Å²) in [5.41, 5.74) is 8.44. The Labute approximate surface area is 159 Å². The van der Waals surface area contributed by atoms with E-state index in [1.807, 2.05) is 6.07 Å². The molecule has 0 aliphatic heterocycles. The number of aryl methyl sites for hydroxylation is 1. The predicted molar refractivity (Wildman–Crippen MR) is 111 cm³/mol. The Balaban J connectivity index is 0.00000529. The Hall–Kier alpha value is -0.650. The van der Waals surface area contributed by atoms with Gasteiger partial charge in [0.15, 0.2) is 0 Å². The van der Waals surface area contributed by atoms with Crippen molar-refractivity contribution in [2.24, 2.45) is 5.73 Å². The molecule has 0 aliphatic carbocycles. The Morgan fingerprint density at radius 1 is 1.21 bits per heavy atom. The highest BCUT2D eigenvalue weighted by Gasteiger charge is 2.12. The summed E-state index contributed by atoms with van der Waals surface area (Å²) in [6.07, 6.45) is 6.33. The number of hydrogen-bond donors (Lipinski definition) is 2. The minimum absolute atomic E-state index is 0. The summed E-state index contributed by atoms with van der Waals surface area (Å²) in [7, 11) is 0. The van der Waals surface area contributed by atoms with E-state index in [1.165, 1.54) is 11.1 Å². The first-order chi connectivity index (χ1) is 11.1. The average molecular weight is 372 g/mol. The van der Waals surface area contributed by atoms with Crippen LogP contribution in [-0.2, 0) is 17.0 Å². The lowest BCUT2D eigenvalue weighted by Crippen LogP contribution is -2.30. The second kappa shape index (κ2) is 13.6. The number of unbranched alkanes of at least 4 members (excludes halogenated alkanes) is 2. The first kappa shape index (κ1) is 23.4. The molecule has 0 saturated carbocycles. The fourth-order valence-corrected chi connectivity index (χ4v) is 2.88. The van der Waals surface area contributed by atoms with Crippen molar-refractivity contribution in [2.75, 3.05) is 6.61 Å². The number of ether oxygens (including phenoxy) is 1. The number of nitrogens with two attached hydrogens (primary N) is 1. The molecule has 0 radical (unpaired) electrons. The van der Waals surface area contributed by atoms with Crippen LogP contribution in [0.3, 0.4) is 0 Å². The second-order valence-electron chi connectivity index (χ2n) is 5.96. The molecule has 1 atom stereocenters. The third-order valence-electron chi connectivity index (χ3n) is 4.10. The van der Waals surface area contributed by atoms with Crippen LogP contribution in [0, 0.1) is 0 Å². The lowest BCUT2D eigenvalue weighted by atomic mass is 10.0. The van der Waals surface area contributed by atoms with Gasteiger partial charge in [-0.3, -0.25) is 4.79 Å². The summed E-state index contributed by atoms with van der Waals surface area (Å²) >= 11 is 4.34. The van der Waals surface area contributed by atoms with Crippen LogP contribution < -0.4 is 10.5 Å². The van der Waals surface area contributed by atoms with Crippen LogP contribution in [-0.4, -0.2) is 18.4 Å². The lowest BCUT2D eigenvalue weighted by molar-refractivity contribution is -0.120. The smallest absolute Gasteiger partial charge is 0.149 e. The summed E-state index contributed by atoms with van der Waals surface area (Å²) in [5.74, 6) is 1.77. The normalized spacial score (nSPS) is 11.7. The van der Waals surface area contributed by atoms with E-state index >= 15 is 0 Å². The Bertz CT molecular complexity index is 480. The number of benzene rings is 1. The first-order valence-electron chi connectivity index (χ1n) is 8.76. The molecule has 0 saturated heterocycles. The summed E-state index contributed by atoms with van der Waals surface area (Å²) in [5, 5.41) is 0. The van der Waals surface area contributed by atoms with Gasteiger partial charge in [0, 0.05) is 12.2 Å². The second-order valence-corrected chi connectivity index (χ2v) is 6.28. The Morgan fingerprint density at radius 2 is 1.96 bits per heavy atom. The minimum atomic E-state index is -0.303. The molecule has 1 rings (SSSR count). The van der Waals surface area contributed by atoms with Crippen LogP contribution in [0.1, 0.15) is 63.5 Å². The number of thiol groups is 1. The number of hydrogen-bond acceptors (Lipinski definition) is 4. The van der Waals surface area contributed by atoms with Gasteiger partial charge in [-0.15, -0.1) is 0 Å². The van der Waals surface area contributed by atoms with Crippen LogP contribution in [0.2, 0.25) is 0 Å². The molecule has 0 spiro atoms. The molecule has 0 amide bonds. The Morgan fingerprint density at radius 3 is 2.58 bits per heavy atom. The molecule has 3 nitrogen and oxygen atoms in total. The molecule has 138 valence electrons. The van der Waals surface area contributed by atoms with Crippen molar-refractivity contribution in [1.29, 1.82) is 0 Å². The minimum Gasteiger partial charge on any atom is -0.494 e. The fourth-order valence-electron chi connectivity index (χ4n) is 2.57. The molecule has 0 aromatic heterocycles. The van der Waals surface area contributed by atoms with E-state index in [1.54, 1.807) is 0 Å². The van der Waals surface area contributed by atoms with Gasteiger partial charge in [0.2, 0.25) is 0 Å². The first-order valence-corrected chi connectivity index (χ1v) is 9.39. The van der Waals surface area contributed by atoms with E-state index in [0.29, 0.717) is 13.0 Å². The van der Waals surface area contributed by atoms with Crippen molar-refractivity contribution in [1.82, 2.24) is 0 Å². The van der Waals surface area contributed by atoms with Gasteiger partial charge in [0.25, 0.3) is 0 Å². The van der Waals surface area contributed by atoms with Crippen LogP contribution in [0.25, 0.3) is 0 Å². The van der Waals surface area contributed by atoms with Gasteiger partial charge in [-0.05, 0) is 42.5 Å². The van der Waals surface area contributed by atoms with E-state index in [2.05, 4.69) is 38.6 Å². The zero-order valence-corrected chi connectivity index (χ0v) is 16.9. The van der Waals surface area contributed by atoms with E-state index in [0.717, 1.165) is 50.0 Å². The molecular formula is C19H33NO2S2. The molecule has 0 aliphatic rings. The van der Waals surface area contributed by atoms with Crippen LogP contribution in [0.4, 0.5) is 0 Å². The fraction of sp³-hybridized carbons (Fsp3) is 0.632. The van der Waals surface area contributed by atoms with E-state index in [9.17, 15) is 4.79 Å². The molecule has 0 heterocycles. The molecule has 5 heteroatoms. The third-order valence-corrected chi connectivity index (χ3v) is 4.44. The lowest BCUT2D eigenvalue weighted by Gasteiger charge is -2.12. The van der Waals surface area contributed by atoms with Crippen molar-refractivity contribution in [3.05, 3.63) is 29.3 Å². The molecule has 1 aromatic rings. The quantitative estimate of drug-likeness (QED) is 0.422. The van der Waals surface area contributed by atoms with Crippen LogP contribution >= 0.6 is 26.1 Å². The Kier molecular flexibility index (Phi) is 13.3. The van der Waals surface area contributed by atoms with Gasteiger partial charge in [-0.1, -0.05) is 39.2 Å². The van der Waals surface area contributed by atoms with Crippen molar-refractivity contribution in [2.45, 2.75) is 70.6 Å².